The number of rotatable bonds is 11. The molecule has 0 bridgehead atoms. The Morgan fingerprint density at radius 1 is 0.536 bits per heavy atom. The lowest BCUT2D eigenvalue weighted by Gasteiger charge is -2.34. The molecular weight excluding hydrogens is 753 g/mol. The second kappa shape index (κ2) is 16.8. The van der Waals surface area contributed by atoms with E-state index < -0.39 is 31.9 Å². The van der Waals surface area contributed by atoms with Crippen molar-refractivity contribution in [3.05, 3.63) is 96.1 Å². The van der Waals surface area contributed by atoms with Crippen molar-refractivity contribution in [2.75, 3.05) is 51.0 Å². The fourth-order valence-electron chi connectivity index (χ4n) is 7.80. The highest BCUT2D eigenvalue weighted by atomic mass is 32.2. The molecule has 4 aromatic carbocycles. The summed E-state index contributed by atoms with van der Waals surface area (Å²) in [5, 5.41) is 5.72. The van der Waals surface area contributed by atoms with Crippen molar-refractivity contribution in [2.24, 2.45) is 23.7 Å². The standard InChI is InChI=1S/C42H50N4O8S2/c1-27-19-28(2)24-45(23-27)55(49,50)35-13-7-31(8-14-35)41(47)43-37-17-11-33(21-39(37)53-5)34-12-18-38(40(22-34)54-6)44-42(48)32-9-15-36(16-10-32)56(51,52)46-25-29(3)20-30(4)26-46/h7-18,21-22,27-30H,19-20,23-26H2,1-6H3,(H,43,47)(H,44,48). The molecule has 2 heterocycles. The molecule has 4 aromatic rings. The monoisotopic (exact) mass is 802 g/mol. The van der Waals surface area contributed by atoms with E-state index in [4.69, 9.17) is 9.47 Å². The van der Waals surface area contributed by atoms with E-state index in [0.717, 1.165) is 24.0 Å². The first kappa shape index (κ1) is 40.9. The number of piperidine rings is 2. The third-order valence-corrected chi connectivity index (χ3v) is 14.1. The third kappa shape index (κ3) is 8.94. The molecule has 2 aliphatic rings. The molecule has 2 aliphatic heterocycles. The number of nitrogens with zero attached hydrogens (tertiary/aromatic N) is 2. The van der Waals surface area contributed by atoms with Gasteiger partial charge >= 0.3 is 0 Å². The number of ether oxygens (including phenoxy) is 2. The molecule has 2 N–H and O–H groups in total. The molecule has 4 unspecified atom stereocenters. The molecule has 298 valence electrons. The lowest BCUT2D eigenvalue weighted by Crippen LogP contribution is -2.42. The van der Waals surface area contributed by atoms with Crippen LogP contribution in [0, 0.1) is 23.7 Å². The van der Waals surface area contributed by atoms with Gasteiger partial charge in [-0.3, -0.25) is 9.59 Å². The van der Waals surface area contributed by atoms with Crippen LogP contribution in [0.4, 0.5) is 11.4 Å². The van der Waals surface area contributed by atoms with Crippen molar-refractivity contribution < 1.29 is 35.9 Å². The Hall–Kier alpha value is -4.76. The van der Waals surface area contributed by atoms with Crippen LogP contribution in [-0.4, -0.2) is 77.7 Å². The molecule has 0 spiro atoms. The van der Waals surface area contributed by atoms with E-state index in [2.05, 4.69) is 38.3 Å². The predicted molar refractivity (Wildman–Crippen MR) is 217 cm³/mol. The number of sulfonamides is 2. The van der Waals surface area contributed by atoms with E-state index in [0.29, 0.717) is 60.2 Å². The largest absolute Gasteiger partial charge is 0.495 e. The van der Waals surface area contributed by atoms with E-state index in [9.17, 15) is 26.4 Å². The number of carbonyl (C=O) groups excluding carboxylic acids is 2. The van der Waals surface area contributed by atoms with Gasteiger partial charge in [0.15, 0.2) is 0 Å². The van der Waals surface area contributed by atoms with Gasteiger partial charge in [-0.1, -0.05) is 39.8 Å². The Morgan fingerprint density at radius 3 is 1.16 bits per heavy atom. The number of anilines is 2. The minimum Gasteiger partial charge on any atom is -0.495 e. The Bertz CT molecular complexity index is 2110. The molecule has 2 fully saturated rings. The molecule has 6 rings (SSSR count). The number of methoxy groups -OCH3 is 2. The van der Waals surface area contributed by atoms with Gasteiger partial charge in [0, 0.05) is 37.3 Å². The van der Waals surface area contributed by atoms with Gasteiger partial charge in [-0.05, 0) is 120 Å². The van der Waals surface area contributed by atoms with Crippen LogP contribution in [0.5, 0.6) is 11.5 Å². The molecular formula is C42H50N4O8S2. The Balaban J connectivity index is 1.12. The van der Waals surface area contributed by atoms with Crippen molar-refractivity contribution in [3.63, 3.8) is 0 Å². The summed E-state index contributed by atoms with van der Waals surface area (Å²) in [4.78, 5) is 26.8. The minimum atomic E-state index is -3.68. The molecule has 0 radical (unpaired) electrons. The van der Waals surface area contributed by atoms with Gasteiger partial charge in [0.1, 0.15) is 11.5 Å². The normalized spacial score (nSPS) is 20.9. The maximum absolute atomic E-state index is 13.3. The Morgan fingerprint density at radius 2 is 0.857 bits per heavy atom. The fraction of sp³-hybridized carbons (Fsp3) is 0.381. The highest BCUT2D eigenvalue weighted by molar-refractivity contribution is 7.89. The summed E-state index contributed by atoms with van der Waals surface area (Å²) in [6.07, 6.45) is 1.98. The third-order valence-electron chi connectivity index (χ3n) is 10.4. The van der Waals surface area contributed by atoms with Gasteiger partial charge in [0.2, 0.25) is 20.0 Å². The maximum atomic E-state index is 13.3. The van der Waals surface area contributed by atoms with Crippen LogP contribution < -0.4 is 20.1 Å². The summed E-state index contributed by atoms with van der Waals surface area (Å²) < 4.78 is 67.5. The Kier molecular flexibility index (Phi) is 12.2. The molecule has 14 heteroatoms. The lowest BCUT2D eigenvalue weighted by atomic mass is 9.94. The molecule has 2 saturated heterocycles. The van der Waals surface area contributed by atoms with Crippen molar-refractivity contribution >= 4 is 43.2 Å². The molecule has 12 nitrogen and oxygen atoms in total. The average molecular weight is 803 g/mol. The SMILES string of the molecule is COc1cc(-c2ccc(NC(=O)c3ccc(S(=O)(=O)N4CC(C)CC(C)C4)cc3)c(OC)c2)ccc1NC(=O)c1ccc(S(=O)(=O)N2CC(C)CC(C)C2)cc1. The molecule has 0 aliphatic carbocycles. The number of hydrogen-bond acceptors (Lipinski definition) is 8. The first-order chi connectivity index (χ1) is 26.6. The van der Waals surface area contributed by atoms with Gasteiger partial charge in [-0.15, -0.1) is 0 Å². The van der Waals surface area contributed by atoms with Gasteiger partial charge in [0.05, 0.1) is 35.4 Å². The van der Waals surface area contributed by atoms with Crippen molar-refractivity contribution in [1.29, 1.82) is 0 Å². The summed E-state index contributed by atoms with van der Waals surface area (Å²) in [5.74, 6) is 1.05. The van der Waals surface area contributed by atoms with E-state index in [-0.39, 0.29) is 33.5 Å². The van der Waals surface area contributed by atoms with Gasteiger partial charge in [0.25, 0.3) is 11.8 Å². The second-order valence-electron chi connectivity index (χ2n) is 15.3. The number of amides is 2. The van der Waals surface area contributed by atoms with E-state index in [1.54, 1.807) is 24.3 Å². The summed E-state index contributed by atoms with van der Waals surface area (Å²) in [6, 6.07) is 22.4. The van der Waals surface area contributed by atoms with Gasteiger partial charge in [-0.25, -0.2) is 16.8 Å². The van der Waals surface area contributed by atoms with Crippen molar-refractivity contribution in [3.8, 4) is 22.6 Å². The quantitative estimate of drug-likeness (QED) is 0.162. The molecule has 0 aromatic heterocycles. The van der Waals surface area contributed by atoms with Crippen molar-refractivity contribution in [1.82, 2.24) is 8.61 Å². The summed E-state index contributed by atoms with van der Waals surface area (Å²) in [6.45, 7) is 10.1. The van der Waals surface area contributed by atoms with Crippen LogP contribution in [0.1, 0.15) is 61.3 Å². The van der Waals surface area contributed by atoms with Crippen LogP contribution in [0.3, 0.4) is 0 Å². The number of hydrogen-bond donors (Lipinski definition) is 2. The Labute approximate surface area is 330 Å². The van der Waals surface area contributed by atoms with Crippen LogP contribution in [0.15, 0.2) is 94.7 Å². The minimum absolute atomic E-state index is 0.151. The average Bonchev–Trinajstić information content (AvgIpc) is 3.17. The van der Waals surface area contributed by atoms with Crippen LogP contribution >= 0.6 is 0 Å². The zero-order valence-electron chi connectivity index (χ0n) is 32.6. The van der Waals surface area contributed by atoms with Crippen LogP contribution in [0.2, 0.25) is 0 Å². The predicted octanol–water partition coefficient (Wildman–Crippen LogP) is 7.21. The number of nitrogens with one attached hydrogen (secondary N) is 2. The highest BCUT2D eigenvalue weighted by Gasteiger charge is 2.33. The maximum Gasteiger partial charge on any atom is 0.255 e. The molecule has 56 heavy (non-hydrogen) atoms. The smallest absolute Gasteiger partial charge is 0.255 e. The summed E-state index contributed by atoms with van der Waals surface area (Å²) in [7, 11) is -4.37. The van der Waals surface area contributed by atoms with E-state index in [1.165, 1.54) is 71.4 Å². The zero-order chi connectivity index (χ0) is 40.4. The van der Waals surface area contributed by atoms with E-state index >= 15 is 0 Å². The molecule has 0 saturated carbocycles. The van der Waals surface area contributed by atoms with E-state index in [1.807, 2.05) is 12.1 Å². The zero-order valence-corrected chi connectivity index (χ0v) is 34.2. The van der Waals surface area contributed by atoms with Crippen LogP contribution in [-0.2, 0) is 20.0 Å². The number of benzene rings is 4. The van der Waals surface area contributed by atoms with Gasteiger partial charge < -0.3 is 20.1 Å². The second-order valence-corrected chi connectivity index (χ2v) is 19.2. The van der Waals surface area contributed by atoms with Crippen LogP contribution in [0.25, 0.3) is 11.1 Å². The lowest BCUT2D eigenvalue weighted by molar-refractivity contribution is 0.101. The van der Waals surface area contributed by atoms with Crippen molar-refractivity contribution in [2.45, 2.75) is 50.3 Å². The van der Waals surface area contributed by atoms with Gasteiger partial charge in [-0.2, -0.15) is 8.61 Å². The summed E-state index contributed by atoms with van der Waals surface area (Å²) >= 11 is 0. The fourth-order valence-corrected chi connectivity index (χ4v) is 11.2. The molecule has 2 amide bonds. The number of carbonyl (C=O) groups is 2. The first-order valence-corrected chi connectivity index (χ1v) is 21.7. The first-order valence-electron chi connectivity index (χ1n) is 18.8. The molecule has 4 atom stereocenters. The highest BCUT2D eigenvalue weighted by Crippen LogP contribution is 2.36. The summed E-state index contributed by atoms with van der Waals surface area (Å²) in [5.41, 5.74) is 2.93. The topological polar surface area (TPSA) is 151 Å².